The van der Waals surface area contributed by atoms with E-state index >= 15 is 0 Å². The average molecular weight is 388 g/mol. The number of pyridine rings is 1. The van der Waals surface area contributed by atoms with Crippen LogP contribution in [-0.2, 0) is 11.3 Å². The number of fused-ring (bicyclic) bond motifs is 1. The van der Waals surface area contributed by atoms with E-state index in [1.54, 1.807) is 23.7 Å². The van der Waals surface area contributed by atoms with E-state index in [2.05, 4.69) is 40.7 Å². The van der Waals surface area contributed by atoms with Gasteiger partial charge in [-0.1, -0.05) is 6.07 Å². The van der Waals surface area contributed by atoms with Gasteiger partial charge >= 0.3 is 0 Å². The Morgan fingerprint density at radius 3 is 2.61 bits per heavy atom. The number of nitrogens with zero attached hydrogens (tertiary/aromatic N) is 2. The van der Waals surface area contributed by atoms with Crippen LogP contribution in [0.5, 0.6) is 0 Å². The molecular weight excluding hydrogens is 368 g/mol. The SMILES string of the molecule is Cc1ccc2nc(-c3ccc(NC(=O)CNCc4ccncc4)cc3)sc2c1. The van der Waals surface area contributed by atoms with Crippen LogP contribution in [0.2, 0.25) is 0 Å². The highest BCUT2D eigenvalue weighted by atomic mass is 32.1. The Labute approximate surface area is 167 Å². The van der Waals surface area contributed by atoms with E-state index in [1.165, 1.54) is 10.3 Å². The van der Waals surface area contributed by atoms with Crippen LogP contribution in [0, 0.1) is 6.92 Å². The second-order valence-corrected chi connectivity index (χ2v) is 7.61. The van der Waals surface area contributed by atoms with Crippen molar-refractivity contribution in [1.82, 2.24) is 15.3 Å². The molecule has 1 amide bonds. The van der Waals surface area contributed by atoms with Gasteiger partial charge in [-0.2, -0.15) is 0 Å². The normalized spacial score (nSPS) is 10.9. The summed E-state index contributed by atoms with van der Waals surface area (Å²) in [6, 6.07) is 17.9. The second kappa shape index (κ2) is 8.29. The molecule has 0 fully saturated rings. The first kappa shape index (κ1) is 18.3. The fourth-order valence-electron chi connectivity index (χ4n) is 2.88. The molecule has 0 aliphatic heterocycles. The van der Waals surface area contributed by atoms with Gasteiger partial charge in [0, 0.05) is 30.2 Å². The predicted molar refractivity (Wildman–Crippen MR) is 114 cm³/mol. The first-order chi connectivity index (χ1) is 13.7. The Bertz CT molecular complexity index is 1090. The molecule has 5 nitrogen and oxygen atoms in total. The minimum atomic E-state index is -0.0720. The Morgan fingerprint density at radius 2 is 1.82 bits per heavy atom. The lowest BCUT2D eigenvalue weighted by Crippen LogP contribution is -2.27. The lowest BCUT2D eigenvalue weighted by Gasteiger charge is -2.07. The van der Waals surface area contributed by atoms with Gasteiger partial charge in [0.15, 0.2) is 0 Å². The molecule has 0 aliphatic carbocycles. The Balaban J connectivity index is 1.35. The fraction of sp³-hybridized carbons (Fsp3) is 0.136. The van der Waals surface area contributed by atoms with Crippen LogP contribution in [0.3, 0.4) is 0 Å². The number of aryl methyl sites for hydroxylation is 1. The minimum absolute atomic E-state index is 0.0720. The number of aromatic nitrogens is 2. The summed E-state index contributed by atoms with van der Waals surface area (Å²) in [6.45, 7) is 2.97. The van der Waals surface area contributed by atoms with Gasteiger partial charge in [-0.05, 0) is 66.6 Å². The third kappa shape index (κ3) is 4.42. The highest BCUT2D eigenvalue weighted by Crippen LogP contribution is 2.31. The third-order valence-electron chi connectivity index (χ3n) is 4.32. The first-order valence-electron chi connectivity index (χ1n) is 9.04. The molecule has 28 heavy (non-hydrogen) atoms. The van der Waals surface area contributed by atoms with Crippen LogP contribution in [0.4, 0.5) is 5.69 Å². The van der Waals surface area contributed by atoms with Gasteiger partial charge in [-0.25, -0.2) is 4.98 Å². The molecule has 0 bridgehead atoms. The zero-order valence-electron chi connectivity index (χ0n) is 15.5. The highest BCUT2D eigenvalue weighted by molar-refractivity contribution is 7.21. The van der Waals surface area contributed by atoms with Gasteiger partial charge < -0.3 is 10.6 Å². The van der Waals surface area contributed by atoms with Gasteiger partial charge in [-0.15, -0.1) is 11.3 Å². The summed E-state index contributed by atoms with van der Waals surface area (Å²) in [7, 11) is 0. The Morgan fingerprint density at radius 1 is 1.04 bits per heavy atom. The molecule has 2 N–H and O–H groups in total. The molecular formula is C22H20N4OS. The Kier molecular flexibility index (Phi) is 5.41. The number of amides is 1. The van der Waals surface area contributed by atoms with Crippen LogP contribution in [0.15, 0.2) is 67.0 Å². The molecule has 0 radical (unpaired) electrons. The molecule has 0 saturated carbocycles. The molecule has 0 unspecified atom stereocenters. The molecule has 140 valence electrons. The van der Waals surface area contributed by atoms with Crippen LogP contribution >= 0.6 is 11.3 Å². The summed E-state index contributed by atoms with van der Waals surface area (Å²) in [5.41, 5.74) is 5.17. The molecule has 6 heteroatoms. The summed E-state index contributed by atoms with van der Waals surface area (Å²) in [4.78, 5) is 20.8. The molecule has 2 heterocycles. The number of anilines is 1. The second-order valence-electron chi connectivity index (χ2n) is 6.57. The molecule has 4 rings (SSSR count). The summed E-state index contributed by atoms with van der Waals surface area (Å²) >= 11 is 1.68. The largest absolute Gasteiger partial charge is 0.325 e. The number of nitrogens with one attached hydrogen (secondary N) is 2. The summed E-state index contributed by atoms with van der Waals surface area (Å²) in [5.74, 6) is -0.0720. The monoisotopic (exact) mass is 388 g/mol. The topological polar surface area (TPSA) is 66.9 Å². The number of carbonyl (C=O) groups is 1. The van der Waals surface area contributed by atoms with Crippen molar-refractivity contribution in [2.45, 2.75) is 13.5 Å². The summed E-state index contributed by atoms with van der Waals surface area (Å²) < 4.78 is 1.19. The predicted octanol–water partition coefficient (Wildman–Crippen LogP) is 4.40. The van der Waals surface area contributed by atoms with Crippen molar-refractivity contribution in [1.29, 1.82) is 0 Å². The van der Waals surface area contributed by atoms with Crippen molar-refractivity contribution in [2.75, 3.05) is 11.9 Å². The number of thiazole rings is 1. The van der Waals surface area contributed by atoms with E-state index in [0.717, 1.165) is 27.3 Å². The van der Waals surface area contributed by atoms with Crippen molar-refractivity contribution in [2.24, 2.45) is 0 Å². The van der Waals surface area contributed by atoms with Crippen molar-refractivity contribution >= 4 is 33.1 Å². The minimum Gasteiger partial charge on any atom is -0.325 e. The van der Waals surface area contributed by atoms with Crippen LogP contribution in [-0.4, -0.2) is 22.4 Å². The molecule has 4 aromatic rings. The number of rotatable bonds is 6. The maximum atomic E-state index is 12.1. The van der Waals surface area contributed by atoms with Gasteiger partial charge in [0.2, 0.25) is 5.91 Å². The van der Waals surface area contributed by atoms with E-state index in [1.807, 2.05) is 36.4 Å². The maximum absolute atomic E-state index is 12.1. The highest BCUT2D eigenvalue weighted by Gasteiger charge is 2.07. The molecule has 0 atom stereocenters. The van der Waals surface area contributed by atoms with Crippen LogP contribution in [0.25, 0.3) is 20.8 Å². The smallest absolute Gasteiger partial charge is 0.238 e. The van der Waals surface area contributed by atoms with Gasteiger partial charge in [0.25, 0.3) is 0 Å². The number of benzene rings is 2. The molecule has 2 aromatic carbocycles. The third-order valence-corrected chi connectivity index (χ3v) is 5.39. The number of carbonyl (C=O) groups excluding carboxylic acids is 1. The zero-order valence-corrected chi connectivity index (χ0v) is 16.3. The van der Waals surface area contributed by atoms with Gasteiger partial charge in [0.05, 0.1) is 16.8 Å². The van der Waals surface area contributed by atoms with Crippen molar-refractivity contribution < 1.29 is 4.79 Å². The molecule has 0 spiro atoms. The van der Waals surface area contributed by atoms with Crippen LogP contribution < -0.4 is 10.6 Å². The number of hydrogen-bond donors (Lipinski definition) is 2. The lowest BCUT2D eigenvalue weighted by atomic mass is 10.2. The fourth-order valence-corrected chi connectivity index (χ4v) is 3.95. The van der Waals surface area contributed by atoms with Gasteiger partial charge in [-0.3, -0.25) is 9.78 Å². The standard InChI is InChI=1S/C22H20N4OS/c1-15-2-7-19-20(12-15)28-22(26-19)17-3-5-18(6-4-17)25-21(27)14-24-13-16-8-10-23-11-9-16/h2-12,24H,13-14H2,1H3,(H,25,27). The van der Waals surface area contributed by atoms with E-state index in [-0.39, 0.29) is 12.5 Å². The Hall–Kier alpha value is -3.09. The van der Waals surface area contributed by atoms with Crippen molar-refractivity contribution in [3.05, 3.63) is 78.1 Å². The zero-order chi connectivity index (χ0) is 19.3. The quantitative estimate of drug-likeness (QED) is 0.514. The number of hydrogen-bond acceptors (Lipinski definition) is 5. The van der Waals surface area contributed by atoms with Crippen LogP contribution in [0.1, 0.15) is 11.1 Å². The molecule has 0 aliphatic rings. The van der Waals surface area contributed by atoms with Crippen molar-refractivity contribution in [3.8, 4) is 10.6 Å². The average Bonchev–Trinajstić information content (AvgIpc) is 3.12. The molecule has 2 aromatic heterocycles. The van der Waals surface area contributed by atoms with Crippen molar-refractivity contribution in [3.63, 3.8) is 0 Å². The molecule has 0 saturated heterocycles. The first-order valence-corrected chi connectivity index (χ1v) is 9.86. The lowest BCUT2D eigenvalue weighted by molar-refractivity contribution is -0.115. The van der Waals surface area contributed by atoms with E-state index in [0.29, 0.717) is 6.54 Å². The van der Waals surface area contributed by atoms with E-state index in [4.69, 9.17) is 4.98 Å². The summed E-state index contributed by atoms with van der Waals surface area (Å²) in [5, 5.41) is 7.02. The van der Waals surface area contributed by atoms with Gasteiger partial charge in [0.1, 0.15) is 5.01 Å². The summed E-state index contributed by atoms with van der Waals surface area (Å²) in [6.07, 6.45) is 3.48. The van der Waals surface area contributed by atoms with E-state index in [9.17, 15) is 4.79 Å². The maximum Gasteiger partial charge on any atom is 0.238 e. The van der Waals surface area contributed by atoms with E-state index < -0.39 is 0 Å².